The predicted octanol–water partition coefficient (Wildman–Crippen LogP) is -4.10. The monoisotopic (exact) mass is 315 g/mol. The molecule has 1 rings (SSSR count). The van der Waals surface area contributed by atoms with Crippen molar-refractivity contribution in [3.05, 3.63) is 29.8 Å². The second kappa shape index (κ2) is 14.4. The molecule has 0 aliphatic heterocycles. The number of nitrogens with one attached hydrogen (secondary N) is 1. The number of benzene rings is 1. The van der Waals surface area contributed by atoms with Crippen molar-refractivity contribution in [3.8, 4) is 5.75 Å². The van der Waals surface area contributed by atoms with Crippen molar-refractivity contribution in [1.29, 1.82) is 0 Å². The Morgan fingerprint density at radius 2 is 1.94 bits per heavy atom. The van der Waals surface area contributed by atoms with Gasteiger partial charge in [-0.05, 0) is 5.56 Å². The number of hydrogen-bond donors (Lipinski definition) is 2. The Hall–Kier alpha value is -0.621. The van der Waals surface area contributed by atoms with Gasteiger partial charge >= 0.3 is 17.1 Å². The Labute approximate surface area is 124 Å². The molecule has 0 spiro atoms. The van der Waals surface area contributed by atoms with E-state index in [0.29, 0.717) is 18.7 Å². The van der Waals surface area contributed by atoms with Crippen molar-refractivity contribution in [2.45, 2.75) is 0 Å². The molecule has 0 saturated carbocycles. The van der Waals surface area contributed by atoms with E-state index in [-0.39, 0.29) is 40.7 Å². The number of para-hydroxylation sites is 1. The standard InChI is InChI=1S/C11H17N3O.ClH.Fe.H2O/c12-5-6-13-7-8-14-9-10-3-1-2-4-11(10)15;;;/h1-4,9,13,15H,5-8,12H2;1H;;1H2/q;;+4;/p-2. The van der Waals surface area contributed by atoms with Crippen LogP contribution in [0.5, 0.6) is 5.75 Å². The zero-order valence-electron chi connectivity index (χ0n) is 9.88. The van der Waals surface area contributed by atoms with E-state index in [1.54, 1.807) is 18.3 Å². The molecular formula is C11H18ClFeN3O2+2. The average molecular weight is 316 g/mol. The summed E-state index contributed by atoms with van der Waals surface area (Å²) in [5, 5.41) is 14.4. The minimum Gasteiger partial charge on any atom is -1.00 e. The Bertz CT molecular complexity index is 327. The molecular weight excluding hydrogens is 297 g/mol. The van der Waals surface area contributed by atoms with Crippen molar-refractivity contribution in [1.82, 2.24) is 5.32 Å². The number of halogens is 1. The molecule has 0 saturated heterocycles. The van der Waals surface area contributed by atoms with Crippen LogP contribution in [-0.2, 0) is 17.1 Å². The van der Waals surface area contributed by atoms with Crippen molar-refractivity contribution < 1.29 is 40.1 Å². The van der Waals surface area contributed by atoms with Gasteiger partial charge in [0.25, 0.3) is 0 Å². The Morgan fingerprint density at radius 1 is 1.28 bits per heavy atom. The van der Waals surface area contributed by atoms with Crippen LogP contribution in [0.3, 0.4) is 0 Å². The summed E-state index contributed by atoms with van der Waals surface area (Å²) in [6.07, 6.45) is 1.62. The summed E-state index contributed by atoms with van der Waals surface area (Å²) in [4.78, 5) is 4.15. The van der Waals surface area contributed by atoms with Gasteiger partial charge in [0, 0.05) is 25.8 Å². The number of aliphatic imine (C=N–C) groups is 1. The van der Waals surface area contributed by atoms with Crippen LogP contribution in [0.1, 0.15) is 5.56 Å². The molecule has 0 fully saturated rings. The molecule has 0 bridgehead atoms. The first-order valence-electron chi connectivity index (χ1n) is 5.01. The largest absolute Gasteiger partial charge is 4.00 e. The molecule has 5 nitrogen and oxygen atoms in total. The number of nitrogens with two attached hydrogens (primary N) is 1. The van der Waals surface area contributed by atoms with Gasteiger partial charge in [-0.3, -0.25) is 4.99 Å². The molecule has 5 N–H and O–H groups in total. The first kappa shape index (κ1) is 22.6. The van der Waals surface area contributed by atoms with Crippen molar-refractivity contribution >= 4 is 6.21 Å². The molecule has 0 unspecified atom stereocenters. The van der Waals surface area contributed by atoms with Crippen LogP contribution in [0.2, 0.25) is 0 Å². The molecule has 0 radical (unpaired) electrons. The third-order valence-corrected chi connectivity index (χ3v) is 1.89. The number of rotatable bonds is 6. The van der Waals surface area contributed by atoms with Gasteiger partial charge in [-0.1, -0.05) is 24.3 Å². The summed E-state index contributed by atoms with van der Waals surface area (Å²) in [6, 6.07) is 6.85. The second-order valence-corrected chi connectivity index (χ2v) is 3.11. The second-order valence-electron chi connectivity index (χ2n) is 3.11. The molecule has 0 aliphatic rings. The van der Waals surface area contributed by atoms with E-state index in [1.165, 1.54) is 6.07 Å². The van der Waals surface area contributed by atoms with Gasteiger partial charge < -0.3 is 34.0 Å². The fourth-order valence-corrected chi connectivity index (χ4v) is 1.12. The zero-order chi connectivity index (χ0) is 10.9. The third kappa shape index (κ3) is 9.41. The maximum atomic E-state index is 11.3. The molecule has 0 aromatic heterocycles. The van der Waals surface area contributed by atoms with Gasteiger partial charge in [0.2, 0.25) is 0 Å². The summed E-state index contributed by atoms with van der Waals surface area (Å²) in [6.45, 7) is 2.88. The maximum absolute atomic E-state index is 11.3. The fraction of sp³-hybridized carbons (Fsp3) is 0.364. The summed E-state index contributed by atoms with van der Waals surface area (Å²) >= 11 is 0. The smallest absolute Gasteiger partial charge is 1.00 e. The third-order valence-electron chi connectivity index (χ3n) is 1.89. The van der Waals surface area contributed by atoms with Crippen LogP contribution < -0.4 is 28.6 Å². The van der Waals surface area contributed by atoms with Crippen LogP contribution in [0.4, 0.5) is 0 Å². The maximum Gasteiger partial charge on any atom is 4.00 e. The van der Waals surface area contributed by atoms with Gasteiger partial charge in [-0.15, -0.1) is 5.75 Å². The van der Waals surface area contributed by atoms with Crippen molar-refractivity contribution in [2.24, 2.45) is 10.7 Å². The van der Waals surface area contributed by atoms with E-state index in [0.717, 1.165) is 13.1 Å². The zero-order valence-corrected chi connectivity index (χ0v) is 11.7. The van der Waals surface area contributed by atoms with E-state index >= 15 is 0 Å². The van der Waals surface area contributed by atoms with Crippen molar-refractivity contribution in [2.75, 3.05) is 26.2 Å². The molecule has 0 amide bonds. The Morgan fingerprint density at radius 3 is 2.56 bits per heavy atom. The topological polar surface area (TPSA) is 105 Å². The van der Waals surface area contributed by atoms with Gasteiger partial charge in [0.15, 0.2) is 0 Å². The fourth-order valence-electron chi connectivity index (χ4n) is 1.12. The van der Waals surface area contributed by atoms with E-state index < -0.39 is 0 Å². The first-order valence-corrected chi connectivity index (χ1v) is 5.01. The van der Waals surface area contributed by atoms with E-state index in [4.69, 9.17) is 5.73 Å². The van der Waals surface area contributed by atoms with Crippen molar-refractivity contribution in [3.63, 3.8) is 0 Å². The van der Waals surface area contributed by atoms with Crippen LogP contribution in [0.25, 0.3) is 0 Å². The molecule has 1 aromatic carbocycles. The number of hydrogen-bond acceptors (Lipinski definition) is 4. The van der Waals surface area contributed by atoms with Gasteiger partial charge in [-0.2, -0.15) is 0 Å². The predicted molar refractivity (Wildman–Crippen MR) is 63.9 cm³/mol. The number of nitrogens with zero attached hydrogens (tertiary/aromatic N) is 1. The van der Waals surface area contributed by atoms with Crippen LogP contribution in [-0.4, -0.2) is 37.9 Å². The molecule has 0 heterocycles. The van der Waals surface area contributed by atoms with E-state index in [9.17, 15) is 5.11 Å². The molecule has 7 heteroatoms. The van der Waals surface area contributed by atoms with E-state index in [1.807, 2.05) is 6.07 Å². The van der Waals surface area contributed by atoms with Gasteiger partial charge in [0.05, 0.1) is 6.54 Å². The van der Waals surface area contributed by atoms with Crippen LogP contribution >= 0.6 is 0 Å². The SMILES string of the molecule is NCCNCCN=Cc1ccccc1[O-].O.[Cl-].[Fe+4]. The summed E-state index contributed by atoms with van der Waals surface area (Å²) < 4.78 is 0. The normalized spacial score (nSPS) is 9.17. The van der Waals surface area contributed by atoms with Crippen LogP contribution in [0, 0.1) is 0 Å². The Kier molecular flexibility index (Phi) is 18.1. The Balaban J connectivity index is -0.000000750. The molecule has 1 aromatic rings. The minimum atomic E-state index is 0. The molecule has 0 aliphatic carbocycles. The quantitative estimate of drug-likeness (QED) is 0.317. The van der Waals surface area contributed by atoms with Crippen LogP contribution in [0.15, 0.2) is 29.3 Å². The molecule has 102 valence electrons. The average Bonchev–Trinajstić information content (AvgIpc) is 2.25. The summed E-state index contributed by atoms with van der Waals surface area (Å²) in [5.41, 5.74) is 5.95. The molecule has 0 atom stereocenters. The van der Waals surface area contributed by atoms with Gasteiger partial charge in [0.1, 0.15) is 0 Å². The summed E-state index contributed by atoms with van der Waals surface area (Å²) in [7, 11) is 0. The minimum absolute atomic E-state index is 0. The summed E-state index contributed by atoms with van der Waals surface area (Å²) in [5.74, 6) is 0.0103. The van der Waals surface area contributed by atoms with E-state index in [2.05, 4.69) is 10.3 Å². The first-order chi connectivity index (χ1) is 7.34. The van der Waals surface area contributed by atoms with Gasteiger partial charge in [-0.25, -0.2) is 0 Å². The molecule has 18 heavy (non-hydrogen) atoms.